The van der Waals surface area contributed by atoms with E-state index in [0.717, 1.165) is 22.3 Å². The highest BCUT2D eigenvalue weighted by molar-refractivity contribution is 7.99. The predicted octanol–water partition coefficient (Wildman–Crippen LogP) is 1.34. The molecule has 11 heteroatoms. The van der Waals surface area contributed by atoms with E-state index < -0.39 is 21.8 Å². The van der Waals surface area contributed by atoms with Crippen molar-refractivity contribution in [2.75, 3.05) is 17.7 Å². The van der Waals surface area contributed by atoms with Crippen molar-refractivity contribution in [2.45, 2.75) is 18.1 Å². The highest BCUT2D eigenvalue weighted by atomic mass is 32.2. The number of nitrogens with zero attached hydrogens (tertiary/aromatic N) is 3. The molecule has 26 heavy (non-hydrogen) atoms. The van der Waals surface area contributed by atoms with Gasteiger partial charge in [0.05, 0.1) is 18.6 Å². The number of carbonyl (C=O) groups is 1. The van der Waals surface area contributed by atoms with E-state index in [4.69, 9.17) is 10.8 Å². The third-order valence-corrected chi connectivity index (χ3v) is 5.26. The molecule has 0 aliphatic carbocycles. The standard InChI is InChI=1S/C15H17FN4O4S2/c1-26(23,24)20(7-10-2-4-11(16)5-3-10)8-13-18-12(17)6-14(19-13)25-9-15(21)22/h2-6H,7-9H2,1H3,(H,21,22)(H2,17,18,19). The molecule has 0 fully saturated rings. The van der Waals surface area contributed by atoms with Crippen LogP contribution in [0.25, 0.3) is 0 Å². The number of thioether (sulfide) groups is 1. The summed E-state index contributed by atoms with van der Waals surface area (Å²) >= 11 is 0.957. The monoisotopic (exact) mass is 400 g/mol. The van der Waals surface area contributed by atoms with Crippen LogP contribution in [0.1, 0.15) is 11.4 Å². The molecule has 8 nitrogen and oxygen atoms in total. The van der Waals surface area contributed by atoms with Crippen molar-refractivity contribution in [3.05, 3.63) is 47.5 Å². The Balaban J connectivity index is 2.22. The number of benzene rings is 1. The van der Waals surface area contributed by atoms with Gasteiger partial charge in [0.2, 0.25) is 10.0 Å². The molecule has 0 saturated carbocycles. The van der Waals surface area contributed by atoms with Crippen LogP contribution in [0.5, 0.6) is 0 Å². The topological polar surface area (TPSA) is 126 Å². The first-order chi connectivity index (χ1) is 12.1. The molecule has 0 spiro atoms. The van der Waals surface area contributed by atoms with Gasteiger partial charge < -0.3 is 10.8 Å². The van der Waals surface area contributed by atoms with Crippen molar-refractivity contribution in [1.29, 1.82) is 0 Å². The summed E-state index contributed by atoms with van der Waals surface area (Å²) in [7, 11) is -3.60. The molecule has 0 aliphatic heterocycles. The number of carboxylic acids is 1. The van der Waals surface area contributed by atoms with Crippen LogP contribution in [0.4, 0.5) is 10.2 Å². The summed E-state index contributed by atoms with van der Waals surface area (Å²) in [4.78, 5) is 18.8. The number of nitrogens with two attached hydrogens (primary N) is 1. The molecule has 1 aromatic carbocycles. The van der Waals surface area contributed by atoms with Crippen molar-refractivity contribution >= 4 is 33.6 Å². The van der Waals surface area contributed by atoms with Gasteiger partial charge in [0.25, 0.3) is 0 Å². The third kappa shape index (κ3) is 6.24. The maximum absolute atomic E-state index is 13.0. The van der Waals surface area contributed by atoms with E-state index in [1.807, 2.05) is 0 Å². The molecule has 1 heterocycles. The summed E-state index contributed by atoms with van der Waals surface area (Å²) in [6.45, 7) is -0.142. The second-order valence-electron chi connectivity index (χ2n) is 5.39. The van der Waals surface area contributed by atoms with E-state index in [-0.39, 0.29) is 30.5 Å². The predicted molar refractivity (Wildman–Crippen MR) is 95.3 cm³/mol. The lowest BCUT2D eigenvalue weighted by Crippen LogP contribution is -2.30. The van der Waals surface area contributed by atoms with Gasteiger partial charge in [-0.05, 0) is 17.7 Å². The van der Waals surface area contributed by atoms with Crippen molar-refractivity contribution in [3.8, 4) is 0 Å². The van der Waals surface area contributed by atoms with Crippen molar-refractivity contribution in [1.82, 2.24) is 14.3 Å². The van der Waals surface area contributed by atoms with Gasteiger partial charge in [-0.15, -0.1) is 0 Å². The molecule has 0 atom stereocenters. The van der Waals surface area contributed by atoms with Crippen molar-refractivity contribution in [2.24, 2.45) is 0 Å². The Hall–Kier alpha value is -2.24. The summed E-state index contributed by atoms with van der Waals surface area (Å²) in [6, 6.07) is 6.88. The summed E-state index contributed by atoms with van der Waals surface area (Å²) < 4.78 is 38.3. The van der Waals surface area contributed by atoms with Gasteiger partial charge in [-0.2, -0.15) is 4.31 Å². The molecular weight excluding hydrogens is 383 g/mol. The van der Waals surface area contributed by atoms with Gasteiger partial charge in [-0.25, -0.2) is 22.8 Å². The number of anilines is 1. The maximum Gasteiger partial charge on any atom is 0.313 e. The molecule has 1 aromatic heterocycles. The Kier molecular flexibility index (Phi) is 6.51. The Morgan fingerprint density at radius 1 is 1.27 bits per heavy atom. The Morgan fingerprint density at radius 3 is 2.50 bits per heavy atom. The van der Waals surface area contributed by atoms with E-state index in [9.17, 15) is 17.6 Å². The Morgan fingerprint density at radius 2 is 1.92 bits per heavy atom. The number of hydrogen-bond acceptors (Lipinski definition) is 7. The molecule has 0 aliphatic rings. The van der Waals surface area contributed by atoms with Crippen LogP contribution >= 0.6 is 11.8 Å². The Labute approximate surface area is 154 Å². The van der Waals surface area contributed by atoms with Crippen LogP contribution in [0.3, 0.4) is 0 Å². The van der Waals surface area contributed by atoms with Crippen molar-refractivity contribution in [3.63, 3.8) is 0 Å². The zero-order valence-electron chi connectivity index (χ0n) is 13.8. The van der Waals surface area contributed by atoms with E-state index in [0.29, 0.717) is 10.6 Å². The normalized spacial score (nSPS) is 11.7. The fraction of sp³-hybridized carbons (Fsp3) is 0.267. The molecular formula is C15H17FN4O4S2. The lowest BCUT2D eigenvalue weighted by atomic mass is 10.2. The SMILES string of the molecule is CS(=O)(=O)N(Cc1ccc(F)cc1)Cc1nc(N)cc(SCC(=O)O)n1. The molecule has 2 aromatic rings. The second-order valence-corrected chi connectivity index (χ2v) is 8.37. The highest BCUT2D eigenvalue weighted by Crippen LogP contribution is 2.19. The van der Waals surface area contributed by atoms with Gasteiger partial charge >= 0.3 is 5.97 Å². The first-order valence-corrected chi connectivity index (χ1v) is 10.1. The van der Waals surface area contributed by atoms with Crippen LogP contribution in [0.15, 0.2) is 35.4 Å². The number of halogens is 1. The van der Waals surface area contributed by atoms with Gasteiger partial charge in [-0.3, -0.25) is 4.79 Å². The van der Waals surface area contributed by atoms with Gasteiger partial charge in [0, 0.05) is 12.6 Å². The first kappa shape index (κ1) is 20.1. The van der Waals surface area contributed by atoms with E-state index in [1.165, 1.54) is 30.3 Å². The molecule has 140 valence electrons. The quantitative estimate of drug-likeness (QED) is 0.502. The van der Waals surface area contributed by atoms with Crippen LogP contribution in [-0.2, 0) is 27.9 Å². The summed E-state index contributed by atoms with van der Waals surface area (Å²) in [5.74, 6) is -1.38. The molecule has 3 N–H and O–H groups in total. The molecule has 0 saturated heterocycles. The Bertz CT molecular complexity index is 891. The summed E-state index contributed by atoms with van der Waals surface area (Å²) in [6.07, 6.45) is 1.04. The zero-order valence-corrected chi connectivity index (χ0v) is 15.4. The lowest BCUT2D eigenvalue weighted by molar-refractivity contribution is -0.133. The van der Waals surface area contributed by atoms with Crippen LogP contribution in [0.2, 0.25) is 0 Å². The van der Waals surface area contributed by atoms with Crippen LogP contribution in [0, 0.1) is 5.82 Å². The third-order valence-electron chi connectivity index (χ3n) is 3.17. The number of carboxylic acid groups (broad SMARTS) is 1. The highest BCUT2D eigenvalue weighted by Gasteiger charge is 2.20. The number of hydrogen-bond donors (Lipinski definition) is 2. The van der Waals surface area contributed by atoms with Gasteiger partial charge in [0.1, 0.15) is 22.5 Å². The van der Waals surface area contributed by atoms with E-state index >= 15 is 0 Å². The average Bonchev–Trinajstić information content (AvgIpc) is 2.53. The van der Waals surface area contributed by atoms with Crippen LogP contribution < -0.4 is 5.73 Å². The minimum absolute atomic E-state index is 0.00880. The second kappa shape index (κ2) is 8.43. The number of sulfonamides is 1. The molecule has 0 radical (unpaired) electrons. The maximum atomic E-state index is 13.0. The zero-order chi connectivity index (χ0) is 19.3. The lowest BCUT2D eigenvalue weighted by Gasteiger charge is -2.19. The van der Waals surface area contributed by atoms with E-state index in [2.05, 4.69) is 9.97 Å². The summed E-state index contributed by atoms with van der Waals surface area (Å²) in [5.41, 5.74) is 6.30. The minimum Gasteiger partial charge on any atom is -0.481 e. The average molecular weight is 400 g/mol. The summed E-state index contributed by atoms with van der Waals surface area (Å²) in [5, 5.41) is 9.08. The fourth-order valence-corrected chi connectivity index (χ4v) is 3.39. The smallest absolute Gasteiger partial charge is 0.313 e. The molecule has 0 amide bonds. The number of aromatic nitrogens is 2. The molecule has 0 bridgehead atoms. The molecule has 0 unspecified atom stereocenters. The molecule has 2 rings (SSSR count). The van der Waals surface area contributed by atoms with Crippen molar-refractivity contribution < 1.29 is 22.7 Å². The number of nitrogen functional groups attached to an aromatic ring is 1. The van der Waals surface area contributed by atoms with Gasteiger partial charge in [0.15, 0.2) is 0 Å². The van der Waals surface area contributed by atoms with Gasteiger partial charge in [-0.1, -0.05) is 23.9 Å². The van der Waals surface area contributed by atoms with Crippen LogP contribution in [-0.4, -0.2) is 45.8 Å². The number of rotatable bonds is 8. The number of aliphatic carboxylic acids is 1. The fourth-order valence-electron chi connectivity index (χ4n) is 2.01. The largest absolute Gasteiger partial charge is 0.481 e. The minimum atomic E-state index is -3.60. The van der Waals surface area contributed by atoms with E-state index in [1.54, 1.807) is 0 Å². The first-order valence-electron chi connectivity index (χ1n) is 7.31.